The molecule has 0 aliphatic carbocycles. The number of nitrogens with one attached hydrogen (secondary N) is 1. The van der Waals surface area contributed by atoms with E-state index in [9.17, 15) is 27.2 Å². The maximum atomic E-state index is 13.3. The van der Waals surface area contributed by atoms with Gasteiger partial charge in [-0.1, -0.05) is 0 Å². The number of hydrogen-bond donors (Lipinski definition) is 1. The average molecular weight is 440 g/mol. The molecule has 0 spiro atoms. The molecule has 0 saturated carbocycles. The number of benzene rings is 1. The number of hydrogen-bond acceptors (Lipinski definition) is 4. The van der Waals surface area contributed by atoms with Gasteiger partial charge in [0.15, 0.2) is 0 Å². The van der Waals surface area contributed by atoms with Gasteiger partial charge in [0.2, 0.25) is 0 Å². The van der Waals surface area contributed by atoms with Gasteiger partial charge in [0.25, 0.3) is 5.91 Å². The fourth-order valence-electron chi connectivity index (χ4n) is 1.83. The predicted octanol–water partition coefficient (Wildman–Crippen LogP) is 5.10. The number of thiophene rings is 1. The van der Waals surface area contributed by atoms with E-state index >= 15 is 0 Å². The molecule has 134 valence electrons. The number of carbonyl (C=O) groups excluding carboxylic acids is 2. The minimum Gasteiger partial charge on any atom is -0.462 e. The second-order valence-electron chi connectivity index (χ2n) is 4.65. The van der Waals surface area contributed by atoms with Crippen LogP contribution in [0.15, 0.2) is 28.7 Å². The van der Waals surface area contributed by atoms with Crippen molar-refractivity contribution in [1.29, 1.82) is 0 Å². The first-order chi connectivity index (χ1) is 11.6. The Kier molecular flexibility index (Phi) is 5.83. The number of esters is 1. The Bertz CT molecular complexity index is 820. The van der Waals surface area contributed by atoms with Crippen LogP contribution in [-0.4, -0.2) is 18.5 Å². The normalized spacial score (nSPS) is 11.3. The second-order valence-corrected chi connectivity index (χ2v) is 6.56. The molecular formula is C15H10BrF4NO3S. The summed E-state index contributed by atoms with van der Waals surface area (Å²) in [5.74, 6) is -2.56. The predicted molar refractivity (Wildman–Crippen MR) is 87.3 cm³/mol. The van der Waals surface area contributed by atoms with Gasteiger partial charge in [0.1, 0.15) is 15.7 Å². The summed E-state index contributed by atoms with van der Waals surface area (Å²) < 4.78 is 56.9. The fraction of sp³-hybridized carbons (Fsp3) is 0.200. The van der Waals surface area contributed by atoms with Crippen molar-refractivity contribution in [2.24, 2.45) is 0 Å². The van der Waals surface area contributed by atoms with Gasteiger partial charge >= 0.3 is 12.1 Å². The highest BCUT2D eigenvalue weighted by Gasteiger charge is 2.35. The highest BCUT2D eigenvalue weighted by molar-refractivity contribution is 9.10. The largest absolute Gasteiger partial charge is 0.462 e. The van der Waals surface area contributed by atoms with Crippen LogP contribution in [0, 0.1) is 5.82 Å². The average Bonchev–Trinajstić information content (AvgIpc) is 2.94. The van der Waals surface area contributed by atoms with E-state index in [2.05, 4.69) is 21.2 Å². The van der Waals surface area contributed by atoms with Gasteiger partial charge in [0.05, 0.1) is 17.7 Å². The Morgan fingerprint density at radius 1 is 1.24 bits per heavy atom. The molecule has 1 amide bonds. The third-order valence-corrected chi connectivity index (χ3v) is 4.69. The SMILES string of the molecule is CCOC(=O)c1cc(C(F)(F)F)sc1NC(=O)c1cc(F)ccc1Br. The Morgan fingerprint density at radius 3 is 2.52 bits per heavy atom. The van der Waals surface area contributed by atoms with E-state index in [1.165, 1.54) is 13.0 Å². The quantitative estimate of drug-likeness (QED) is 0.532. The summed E-state index contributed by atoms with van der Waals surface area (Å²) >= 11 is 3.24. The molecule has 0 fully saturated rings. The Morgan fingerprint density at radius 2 is 1.92 bits per heavy atom. The zero-order chi connectivity index (χ0) is 18.8. The third-order valence-electron chi connectivity index (χ3n) is 2.91. The lowest BCUT2D eigenvalue weighted by atomic mass is 10.2. The first kappa shape index (κ1) is 19.4. The van der Waals surface area contributed by atoms with Crippen LogP contribution in [0.4, 0.5) is 22.6 Å². The molecule has 25 heavy (non-hydrogen) atoms. The van der Waals surface area contributed by atoms with Gasteiger partial charge in [-0.2, -0.15) is 13.2 Å². The standard InChI is InChI=1S/C15H10BrF4NO3S/c1-2-24-14(23)9-6-11(15(18,19)20)25-13(9)21-12(22)8-5-7(17)3-4-10(8)16/h3-6H,2H2,1H3,(H,21,22). The van der Waals surface area contributed by atoms with E-state index in [1.807, 2.05) is 0 Å². The van der Waals surface area contributed by atoms with Gasteiger partial charge in [-0.25, -0.2) is 9.18 Å². The lowest BCUT2D eigenvalue weighted by Crippen LogP contribution is -2.15. The summed E-state index contributed by atoms with van der Waals surface area (Å²) in [7, 11) is 0. The molecule has 1 aromatic carbocycles. The molecule has 1 heterocycles. The van der Waals surface area contributed by atoms with Crippen LogP contribution >= 0.6 is 27.3 Å². The minimum absolute atomic E-state index is 0.0428. The van der Waals surface area contributed by atoms with Crippen molar-refractivity contribution in [1.82, 2.24) is 0 Å². The van der Waals surface area contributed by atoms with E-state index in [0.717, 1.165) is 12.1 Å². The molecular weight excluding hydrogens is 430 g/mol. The van der Waals surface area contributed by atoms with Crippen LogP contribution in [0.25, 0.3) is 0 Å². The molecule has 0 aliphatic rings. The highest BCUT2D eigenvalue weighted by atomic mass is 79.9. The Labute approximate surface area is 151 Å². The summed E-state index contributed by atoms with van der Waals surface area (Å²) in [5.41, 5.74) is -0.545. The molecule has 2 aromatic rings. The van der Waals surface area contributed by atoms with Crippen molar-refractivity contribution in [3.05, 3.63) is 50.6 Å². The van der Waals surface area contributed by atoms with Crippen molar-refractivity contribution in [3.8, 4) is 0 Å². The highest BCUT2D eigenvalue weighted by Crippen LogP contribution is 2.40. The van der Waals surface area contributed by atoms with Crippen LogP contribution < -0.4 is 5.32 Å². The van der Waals surface area contributed by atoms with Crippen LogP contribution in [0.1, 0.15) is 32.5 Å². The minimum atomic E-state index is -4.69. The molecule has 1 aromatic heterocycles. The lowest BCUT2D eigenvalue weighted by molar-refractivity contribution is -0.134. The Hall–Kier alpha value is -1.94. The second kappa shape index (κ2) is 7.52. The van der Waals surface area contributed by atoms with Crippen LogP contribution in [0.3, 0.4) is 0 Å². The number of ether oxygens (including phenoxy) is 1. The van der Waals surface area contributed by atoms with Crippen LogP contribution in [0.5, 0.6) is 0 Å². The maximum absolute atomic E-state index is 13.3. The van der Waals surface area contributed by atoms with Gasteiger partial charge < -0.3 is 10.1 Å². The molecule has 0 unspecified atom stereocenters. The van der Waals surface area contributed by atoms with Crippen molar-refractivity contribution >= 4 is 44.1 Å². The zero-order valence-electron chi connectivity index (χ0n) is 12.5. The van der Waals surface area contributed by atoms with Gasteiger partial charge in [0, 0.05) is 4.47 Å². The maximum Gasteiger partial charge on any atom is 0.425 e. The van der Waals surface area contributed by atoms with Crippen molar-refractivity contribution in [3.63, 3.8) is 0 Å². The number of amides is 1. The van der Waals surface area contributed by atoms with Crippen molar-refractivity contribution < 1.29 is 31.9 Å². The van der Waals surface area contributed by atoms with Crippen molar-refractivity contribution in [2.45, 2.75) is 13.1 Å². The molecule has 0 saturated heterocycles. The fourth-order valence-corrected chi connectivity index (χ4v) is 3.16. The van der Waals surface area contributed by atoms with E-state index < -0.39 is 34.3 Å². The smallest absolute Gasteiger partial charge is 0.425 e. The lowest BCUT2D eigenvalue weighted by Gasteiger charge is -2.07. The van der Waals surface area contributed by atoms with E-state index in [1.54, 1.807) is 0 Å². The molecule has 0 radical (unpaired) electrons. The summed E-state index contributed by atoms with van der Waals surface area (Å²) in [5, 5.41) is 1.88. The number of rotatable bonds is 4. The first-order valence-electron chi connectivity index (χ1n) is 6.78. The molecule has 10 heteroatoms. The molecule has 0 bridgehead atoms. The van der Waals surface area contributed by atoms with Crippen LogP contribution in [-0.2, 0) is 10.9 Å². The van der Waals surface area contributed by atoms with E-state index in [-0.39, 0.29) is 33.0 Å². The third kappa shape index (κ3) is 4.57. The zero-order valence-corrected chi connectivity index (χ0v) is 14.9. The van der Waals surface area contributed by atoms with E-state index in [0.29, 0.717) is 6.07 Å². The number of alkyl halides is 3. The summed E-state index contributed by atoms with van der Waals surface area (Å²) in [4.78, 5) is 23.0. The Balaban J connectivity index is 2.40. The van der Waals surface area contributed by atoms with Crippen LogP contribution in [0.2, 0.25) is 0 Å². The molecule has 0 aliphatic heterocycles. The monoisotopic (exact) mass is 439 g/mol. The molecule has 4 nitrogen and oxygen atoms in total. The van der Waals surface area contributed by atoms with Gasteiger partial charge in [-0.3, -0.25) is 4.79 Å². The van der Waals surface area contributed by atoms with Crippen molar-refractivity contribution in [2.75, 3.05) is 11.9 Å². The molecule has 1 N–H and O–H groups in total. The van der Waals surface area contributed by atoms with Gasteiger partial charge in [-0.05, 0) is 47.1 Å². The number of anilines is 1. The molecule has 0 atom stereocenters. The summed E-state index contributed by atoms with van der Waals surface area (Å²) in [6.45, 7) is 1.45. The van der Waals surface area contributed by atoms with Gasteiger partial charge in [-0.15, -0.1) is 11.3 Å². The number of carbonyl (C=O) groups is 2. The summed E-state index contributed by atoms with van der Waals surface area (Å²) in [6.07, 6.45) is -4.69. The first-order valence-corrected chi connectivity index (χ1v) is 8.39. The van der Waals surface area contributed by atoms with E-state index in [4.69, 9.17) is 4.74 Å². The number of halogens is 5. The summed E-state index contributed by atoms with van der Waals surface area (Å²) in [6, 6.07) is 3.92. The molecule has 2 rings (SSSR count). The topological polar surface area (TPSA) is 55.4 Å².